The molecule has 20 heavy (non-hydrogen) atoms. The minimum Gasteiger partial charge on any atom is -0.352 e. The third-order valence-electron chi connectivity index (χ3n) is 3.07. The van der Waals surface area contributed by atoms with E-state index in [-0.39, 0.29) is 5.91 Å². The van der Waals surface area contributed by atoms with Gasteiger partial charge in [-0.1, -0.05) is 6.92 Å². The Hall–Kier alpha value is -1.69. The van der Waals surface area contributed by atoms with Crippen LogP contribution in [0.5, 0.6) is 0 Å². The number of aryl methyl sites for hydroxylation is 2. The van der Waals surface area contributed by atoms with Crippen molar-refractivity contribution in [1.82, 2.24) is 20.1 Å². The molecule has 108 valence electrons. The predicted molar refractivity (Wildman–Crippen MR) is 80.1 cm³/mol. The Balaban J connectivity index is 1.88. The van der Waals surface area contributed by atoms with Crippen molar-refractivity contribution in [3.63, 3.8) is 0 Å². The molecule has 1 amide bonds. The molecule has 0 saturated heterocycles. The third kappa shape index (κ3) is 3.45. The van der Waals surface area contributed by atoms with Crippen LogP contribution >= 0.6 is 11.3 Å². The summed E-state index contributed by atoms with van der Waals surface area (Å²) in [5.41, 5.74) is 2.62. The molecular formula is C14H20N4OS. The standard InChI is InChI=1S/C14H20N4OS/c1-4-7-18-11(3)12(8-16-18)14(19)15-6-5-13-17-10(2)9-20-13/h8-9H,4-7H2,1-3H3,(H,15,19). The highest BCUT2D eigenvalue weighted by molar-refractivity contribution is 7.09. The Kier molecular flexibility index (Phi) is 4.89. The van der Waals surface area contributed by atoms with E-state index in [1.54, 1.807) is 17.5 Å². The van der Waals surface area contributed by atoms with Crippen molar-refractivity contribution in [2.24, 2.45) is 0 Å². The maximum absolute atomic E-state index is 12.1. The molecule has 2 aromatic heterocycles. The van der Waals surface area contributed by atoms with Crippen LogP contribution in [0.4, 0.5) is 0 Å². The number of hydrogen-bond acceptors (Lipinski definition) is 4. The molecule has 0 bridgehead atoms. The largest absolute Gasteiger partial charge is 0.352 e. The molecule has 5 nitrogen and oxygen atoms in total. The molecule has 0 aliphatic heterocycles. The minimum absolute atomic E-state index is 0.0573. The van der Waals surface area contributed by atoms with Crippen LogP contribution in [0.1, 0.15) is 40.1 Å². The van der Waals surface area contributed by atoms with Gasteiger partial charge in [0.2, 0.25) is 0 Å². The molecule has 0 radical (unpaired) electrons. The molecule has 1 N–H and O–H groups in total. The average molecular weight is 292 g/mol. The lowest BCUT2D eigenvalue weighted by Gasteiger charge is -2.05. The van der Waals surface area contributed by atoms with Gasteiger partial charge in [-0.3, -0.25) is 9.48 Å². The van der Waals surface area contributed by atoms with E-state index in [0.29, 0.717) is 12.1 Å². The first kappa shape index (κ1) is 14.7. The second-order valence-electron chi connectivity index (χ2n) is 4.76. The zero-order valence-corrected chi connectivity index (χ0v) is 13.0. The van der Waals surface area contributed by atoms with Gasteiger partial charge in [0.15, 0.2) is 0 Å². The third-order valence-corrected chi connectivity index (χ3v) is 4.10. The van der Waals surface area contributed by atoms with Crippen molar-refractivity contribution < 1.29 is 4.79 Å². The van der Waals surface area contributed by atoms with Gasteiger partial charge >= 0.3 is 0 Å². The first-order valence-corrected chi connectivity index (χ1v) is 7.71. The lowest BCUT2D eigenvalue weighted by molar-refractivity contribution is 0.0953. The van der Waals surface area contributed by atoms with Crippen LogP contribution in [-0.4, -0.2) is 27.2 Å². The van der Waals surface area contributed by atoms with Crippen LogP contribution < -0.4 is 5.32 Å². The summed E-state index contributed by atoms with van der Waals surface area (Å²) in [5, 5.41) is 10.2. The highest BCUT2D eigenvalue weighted by Gasteiger charge is 2.13. The molecule has 0 aromatic carbocycles. The molecule has 0 unspecified atom stereocenters. The van der Waals surface area contributed by atoms with E-state index in [1.165, 1.54) is 0 Å². The Morgan fingerprint density at radius 2 is 2.25 bits per heavy atom. The minimum atomic E-state index is -0.0573. The van der Waals surface area contributed by atoms with Crippen molar-refractivity contribution >= 4 is 17.2 Å². The number of rotatable bonds is 6. The van der Waals surface area contributed by atoms with Crippen molar-refractivity contribution in [1.29, 1.82) is 0 Å². The van der Waals surface area contributed by atoms with Crippen molar-refractivity contribution in [2.45, 2.75) is 40.2 Å². The molecule has 2 aromatic rings. The molecule has 0 saturated carbocycles. The number of carbonyl (C=O) groups excluding carboxylic acids is 1. The number of carbonyl (C=O) groups is 1. The lowest BCUT2D eigenvalue weighted by atomic mass is 10.2. The summed E-state index contributed by atoms with van der Waals surface area (Å²) >= 11 is 1.63. The summed E-state index contributed by atoms with van der Waals surface area (Å²) in [6.45, 7) is 7.45. The highest BCUT2D eigenvalue weighted by atomic mass is 32.1. The van der Waals surface area contributed by atoms with E-state index >= 15 is 0 Å². The molecule has 0 aliphatic rings. The monoisotopic (exact) mass is 292 g/mol. The maximum atomic E-state index is 12.1. The Bertz CT molecular complexity index is 588. The normalized spacial score (nSPS) is 10.8. The van der Waals surface area contributed by atoms with Crippen molar-refractivity contribution in [2.75, 3.05) is 6.54 Å². The van der Waals surface area contributed by atoms with Crippen LogP contribution in [0, 0.1) is 13.8 Å². The highest BCUT2D eigenvalue weighted by Crippen LogP contribution is 2.10. The number of nitrogens with zero attached hydrogens (tertiary/aromatic N) is 3. The van der Waals surface area contributed by atoms with Gasteiger partial charge in [-0.05, 0) is 20.3 Å². The Labute approximate surface area is 123 Å². The van der Waals surface area contributed by atoms with Crippen LogP contribution in [-0.2, 0) is 13.0 Å². The molecular weight excluding hydrogens is 272 g/mol. The van der Waals surface area contributed by atoms with E-state index in [1.807, 2.05) is 23.9 Å². The second-order valence-corrected chi connectivity index (χ2v) is 5.70. The fourth-order valence-corrected chi connectivity index (χ4v) is 2.78. The fourth-order valence-electron chi connectivity index (χ4n) is 2.00. The van der Waals surface area contributed by atoms with Crippen molar-refractivity contribution in [3.8, 4) is 0 Å². The Morgan fingerprint density at radius 1 is 1.45 bits per heavy atom. The van der Waals surface area contributed by atoms with Crippen LogP contribution in [0.15, 0.2) is 11.6 Å². The van der Waals surface area contributed by atoms with Gasteiger partial charge in [0.1, 0.15) is 0 Å². The van der Waals surface area contributed by atoms with Crippen molar-refractivity contribution in [3.05, 3.63) is 33.5 Å². The topological polar surface area (TPSA) is 59.8 Å². The van der Waals surface area contributed by atoms with Gasteiger partial charge in [-0.25, -0.2) is 4.98 Å². The Morgan fingerprint density at radius 3 is 2.90 bits per heavy atom. The van der Waals surface area contributed by atoms with Crippen LogP contribution in [0.3, 0.4) is 0 Å². The van der Waals surface area contributed by atoms with Gasteiger partial charge in [0.05, 0.1) is 16.8 Å². The molecule has 0 aliphatic carbocycles. The van der Waals surface area contributed by atoms with Gasteiger partial charge in [0, 0.05) is 36.3 Å². The van der Waals surface area contributed by atoms with E-state index < -0.39 is 0 Å². The first-order valence-electron chi connectivity index (χ1n) is 6.83. The van der Waals surface area contributed by atoms with Crippen LogP contribution in [0.25, 0.3) is 0 Å². The summed E-state index contributed by atoms with van der Waals surface area (Å²) in [6, 6.07) is 0. The maximum Gasteiger partial charge on any atom is 0.254 e. The summed E-state index contributed by atoms with van der Waals surface area (Å²) in [6.07, 6.45) is 3.42. The van der Waals surface area contributed by atoms with Gasteiger partial charge in [0.25, 0.3) is 5.91 Å². The predicted octanol–water partition coefficient (Wildman–Crippen LogP) is 2.34. The first-order chi connectivity index (χ1) is 9.61. The smallest absolute Gasteiger partial charge is 0.254 e. The van der Waals surface area contributed by atoms with E-state index in [2.05, 4.69) is 22.3 Å². The molecule has 2 rings (SSSR count). The summed E-state index contributed by atoms with van der Waals surface area (Å²) in [4.78, 5) is 16.5. The zero-order valence-electron chi connectivity index (χ0n) is 12.1. The lowest BCUT2D eigenvalue weighted by Crippen LogP contribution is -2.26. The van der Waals surface area contributed by atoms with E-state index in [0.717, 1.165) is 35.8 Å². The molecule has 2 heterocycles. The molecule has 0 spiro atoms. The number of thiazole rings is 1. The number of nitrogens with one attached hydrogen (secondary N) is 1. The van der Waals surface area contributed by atoms with Crippen LogP contribution in [0.2, 0.25) is 0 Å². The molecule has 0 fully saturated rings. The molecule has 0 atom stereocenters. The quantitative estimate of drug-likeness (QED) is 0.889. The summed E-state index contributed by atoms with van der Waals surface area (Å²) in [5.74, 6) is -0.0573. The molecule has 6 heteroatoms. The number of amides is 1. The average Bonchev–Trinajstić information content (AvgIpc) is 2.98. The van der Waals surface area contributed by atoms with E-state index in [4.69, 9.17) is 0 Å². The fraction of sp³-hybridized carbons (Fsp3) is 0.500. The SMILES string of the molecule is CCCn1ncc(C(=O)NCCc2nc(C)cs2)c1C. The zero-order chi connectivity index (χ0) is 14.5. The second kappa shape index (κ2) is 6.65. The summed E-state index contributed by atoms with van der Waals surface area (Å²) in [7, 11) is 0. The number of hydrogen-bond donors (Lipinski definition) is 1. The van der Waals surface area contributed by atoms with Gasteiger partial charge in [-0.15, -0.1) is 11.3 Å². The van der Waals surface area contributed by atoms with E-state index in [9.17, 15) is 4.79 Å². The van der Waals surface area contributed by atoms with Gasteiger partial charge < -0.3 is 5.32 Å². The number of aromatic nitrogens is 3. The van der Waals surface area contributed by atoms with Gasteiger partial charge in [-0.2, -0.15) is 5.10 Å². The summed E-state index contributed by atoms with van der Waals surface area (Å²) < 4.78 is 1.87.